The molecule has 2 N–H and O–H groups in total. The predicted molar refractivity (Wildman–Crippen MR) is 87.3 cm³/mol. The van der Waals surface area contributed by atoms with Crippen molar-refractivity contribution >= 4 is 23.2 Å². The molecule has 0 aliphatic heterocycles. The van der Waals surface area contributed by atoms with E-state index in [0.717, 1.165) is 4.88 Å². The highest BCUT2D eigenvalue weighted by Crippen LogP contribution is 2.22. The van der Waals surface area contributed by atoms with Gasteiger partial charge in [-0.15, -0.1) is 11.3 Å². The van der Waals surface area contributed by atoms with Gasteiger partial charge in [-0.3, -0.25) is 4.79 Å². The fraction of sp³-hybridized carbons (Fsp3) is 0.294. The summed E-state index contributed by atoms with van der Waals surface area (Å²) in [5.41, 5.74) is 2.37. The normalized spacial score (nSPS) is 11.9. The van der Waals surface area contributed by atoms with Crippen LogP contribution in [0, 0.1) is 6.92 Å². The molecule has 1 heterocycles. The first-order chi connectivity index (χ1) is 10.5. The van der Waals surface area contributed by atoms with Crippen LogP contribution in [0.2, 0.25) is 0 Å². The SMILES string of the molecule is Cc1ccccc1C(C)CC(=O)NCc1ccc(C(=O)O)s1. The molecular weight excluding hydrogens is 298 g/mol. The molecule has 1 amide bonds. The molecule has 0 spiro atoms. The van der Waals surface area contributed by atoms with Crippen molar-refractivity contribution < 1.29 is 14.7 Å². The van der Waals surface area contributed by atoms with Gasteiger partial charge < -0.3 is 10.4 Å². The molecule has 1 unspecified atom stereocenters. The van der Waals surface area contributed by atoms with Crippen LogP contribution in [0.3, 0.4) is 0 Å². The summed E-state index contributed by atoms with van der Waals surface area (Å²) in [4.78, 5) is 24.0. The minimum atomic E-state index is -0.934. The summed E-state index contributed by atoms with van der Waals surface area (Å²) in [6.45, 7) is 4.45. The lowest BCUT2D eigenvalue weighted by atomic mass is 9.93. The number of rotatable bonds is 6. The van der Waals surface area contributed by atoms with E-state index < -0.39 is 5.97 Å². The molecule has 0 aliphatic carbocycles. The average molecular weight is 317 g/mol. The van der Waals surface area contributed by atoms with E-state index in [4.69, 9.17) is 5.11 Å². The maximum atomic E-state index is 12.0. The molecule has 1 aromatic heterocycles. The number of thiophene rings is 1. The van der Waals surface area contributed by atoms with E-state index in [9.17, 15) is 9.59 Å². The molecule has 2 aromatic rings. The Balaban J connectivity index is 1.87. The second kappa shape index (κ2) is 7.22. The first-order valence-corrected chi connectivity index (χ1v) is 7.93. The number of benzene rings is 1. The predicted octanol–water partition coefficient (Wildman–Crippen LogP) is 3.56. The van der Waals surface area contributed by atoms with Crippen LogP contribution in [0.1, 0.15) is 44.9 Å². The van der Waals surface area contributed by atoms with E-state index in [2.05, 4.69) is 5.32 Å². The maximum absolute atomic E-state index is 12.0. The minimum absolute atomic E-state index is 0.0268. The maximum Gasteiger partial charge on any atom is 0.345 e. The van der Waals surface area contributed by atoms with Crippen LogP contribution in [0.5, 0.6) is 0 Å². The number of carbonyl (C=O) groups excluding carboxylic acids is 1. The van der Waals surface area contributed by atoms with Crippen molar-refractivity contribution in [2.24, 2.45) is 0 Å². The fourth-order valence-electron chi connectivity index (χ4n) is 2.37. The van der Waals surface area contributed by atoms with E-state index in [0.29, 0.717) is 13.0 Å². The van der Waals surface area contributed by atoms with Crippen LogP contribution in [0.15, 0.2) is 36.4 Å². The number of aryl methyl sites for hydroxylation is 1. The van der Waals surface area contributed by atoms with Gasteiger partial charge in [-0.25, -0.2) is 4.79 Å². The van der Waals surface area contributed by atoms with Gasteiger partial charge in [-0.05, 0) is 36.1 Å². The molecule has 1 atom stereocenters. The molecule has 5 heteroatoms. The number of carboxylic acids is 1. The van der Waals surface area contributed by atoms with Crippen LogP contribution >= 0.6 is 11.3 Å². The standard InChI is InChI=1S/C17H19NO3S/c1-11-5-3-4-6-14(11)12(2)9-16(19)18-10-13-7-8-15(22-13)17(20)21/h3-8,12H,9-10H2,1-2H3,(H,18,19)(H,20,21). The number of carbonyl (C=O) groups is 2. The van der Waals surface area contributed by atoms with Crippen LogP contribution in [0.25, 0.3) is 0 Å². The van der Waals surface area contributed by atoms with Crippen molar-refractivity contribution in [2.75, 3.05) is 0 Å². The van der Waals surface area contributed by atoms with Crippen molar-refractivity contribution in [2.45, 2.75) is 32.7 Å². The average Bonchev–Trinajstić information content (AvgIpc) is 2.94. The van der Waals surface area contributed by atoms with Crippen LogP contribution in [0.4, 0.5) is 0 Å². The third kappa shape index (κ3) is 4.18. The molecular formula is C17H19NO3S. The number of hydrogen-bond donors (Lipinski definition) is 2. The first kappa shape index (κ1) is 16.2. The Labute approximate surface area is 133 Å². The third-order valence-electron chi connectivity index (χ3n) is 3.54. The highest BCUT2D eigenvalue weighted by atomic mass is 32.1. The van der Waals surface area contributed by atoms with Gasteiger partial charge in [0.05, 0.1) is 6.54 Å². The number of amides is 1. The Morgan fingerprint density at radius 2 is 1.95 bits per heavy atom. The highest BCUT2D eigenvalue weighted by molar-refractivity contribution is 7.13. The number of aromatic carboxylic acids is 1. The Kier molecular flexibility index (Phi) is 5.33. The zero-order valence-electron chi connectivity index (χ0n) is 12.6. The summed E-state index contributed by atoms with van der Waals surface area (Å²) in [6, 6.07) is 11.4. The summed E-state index contributed by atoms with van der Waals surface area (Å²) in [7, 11) is 0. The zero-order chi connectivity index (χ0) is 16.1. The van der Waals surface area contributed by atoms with Crippen molar-refractivity contribution in [1.82, 2.24) is 5.32 Å². The van der Waals surface area contributed by atoms with Crippen molar-refractivity contribution in [1.29, 1.82) is 0 Å². The molecule has 2 rings (SSSR count). The van der Waals surface area contributed by atoms with E-state index in [1.165, 1.54) is 22.5 Å². The second-order valence-electron chi connectivity index (χ2n) is 5.31. The van der Waals surface area contributed by atoms with Gasteiger partial charge in [0.25, 0.3) is 0 Å². The van der Waals surface area contributed by atoms with Gasteiger partial charge >= 0.3 is 5.97 Å². The number of nitrogens with one attached hydrogen (secondary N) is 1. The second-order valence-corrected chi connectivity index (χ2v) is 6.48. The van der Waals surface area contributed by atoms with Gasteiger partial charge in [0, 0.05) is 11.3 Å². The fourth-order valence-corrected chi connectivity index (χ4v) is 3.16. The Morgan fingerprint density at radius 1 is 1.23 bits per heavy atom. The molecule has 0 saturated heterocycles. The molecule has 4 nitrogen and oxygen atoms in total. The van der Waals surface area contributed by atoms with Crippen molar-refractivity contribution in [3.63, 3.8) is 0 Å². The van der Waals surface area contributed by atoms with Gasteiger partial charge in [0.15, 0.2) is 0 Å². The van der Waals surface area contributed by atoms with Gasteiger partial charge in [0.1, 0.15) is 4.88 Å². The molecule has 1 aromatic carbocycles. The molecule has 0 bridgehead atoms. The van der Waals surface area contributed by atoms with Gasteiger partial charge in [-0.2, -0.15) is 0 Å². The zero-order valence-corrected chi connectivity index (χ0v) is 13.4. The largest absolute Gasteiger partial charge is 0.477 e. The Bertz CT molecular complexity index is 678. The lowest BCUT2D eigenvalue weighted by molar-refractivity contribution is -0.121. The molecule has 0 radical (unpaired) electrons. The summed E-state index contributed by atoms with van der Waals surface area (Å²) in [5, 5.41) is 11.7. The van der Waals surface area contributed by atoms with Crippen LogP contribution in [-0.2, 0) is 11.3 Å². The molecule has 22 heavy (non-hydrogen) atoms. The highest BCUT2D eigenvalue weighted by Gasteiger charge is 2.13. The Hall–Kier alpha value is -2.14. The molecule has 0 aliphatic rings. The first-order valence-electron chi connectivity index (χ1n) is 7.11. The lowest BCUT2D eigenvalue weighted by Crippen LogP contribution is -2.23. The third-order valence-corrected chi connectivity index (χ3v) is 4.62. The van der Waals surface area contributed by atoms with Crippen LogP contribution < -0.4 is 5.32 Å². The summed E-state index contributed by atoms with van der Waals surface area (Å²) >= 11 is 1.19. The van der Waals surface area contributed by atoms with E-state index >= 15 is 0 Å². The topological polar surface area (TPSA) is 66.4 Å². The molecule has 0 fully saturated rings. The molecule has 116 valence electrons. The van der Waals surface area contributed by atoms with E-state index in [1.807, 2.05) is 38.1 Å². The minimum Gasteiger partial charge on any atom is -0.477 e. The monoisotopic (exact) mass is 317 g/mol. The van der Waals surface area contributed by atoms with Gasteiger partial charge in [-0.1, -0.05) is 31.2 Å². The Morgan fingerprint density at radius 3 is 2.59 bits per heavy atom. The summed E-state index contributed by atoms with van der Waals surface area (Å²) < 4.78 is 0. The summed E-state index contributed by atoms with van der Waals surface area (Å²) in [5.74, 6) is -0.809. The summed E-state index contributed by atoms with van der Waals surface area (Å²) in [6.07, 6.45) is 0.419. The van der Waals surface area contributed by atoms with E-state index in [-0.39, 0.29) is 16.7 Å². The van der Waals surface area contributed by atoms with E-state index in [1.54, 1.807) is 12.1 Å². The lowest BCUT2D eigenvalue weighted by Gasteiger charge is -2.14. The van der Waals surface area contributed by atoms with Crippen molar-refractivity contribution in [3.05, 3.63) is 57.3 Å². The number of carboxylic acid groups (broad SMARTS) is 1. The smallest absolute Gasteiger partial charge is 0.345 e. The van der Waals surface area contributed by atoms with Crippen molar-refractivity contribution in [3.8, 4) is 0 Å². The van der Waals surface area contributed by atoms with Crippen LogP contribution in [-0.4, -0.2) is 17.0 Å². The quantitative estimate of drug-likeness (QED) is 0.856. The molecule has 0 saturated carbocycles. The van der Waals surface area contributed by atoms with Gasteiger partial charge in [0.2, 0.25) is 5.91 Å². The number of hydrogen-bond acceptors (Lipinski definition) is 3.